The fourth-order valence-electron chi connectivity index (χ4n) is 3.23. The molecule has 0 atom stereocenters. The Kier molecular flexibility index (Phi) is 5.01. The van der Waals surface area contributed by atoms with Crippen molar-refractivity contribution in [3.63, 3.8) is 0 Å². The van der Waals surface area contributed by atoms with Crippen molar-refractivity contribution in [2.75, 3.05) is 6.54 Å². The predicted octanol–water partition coefficient (Wildman–Crippen LogP) is 3.73. The van der Waals surface area contributed by atoms with Crippen LogP contribution < -0.4 is 0 Å². The lowest BCUT2D eigenvalue weighted by atomic mass is 9.71. The molecule has 0 bridgehead atoms. The number of carbonyl (C=O) groups is 2. The number of aliphatic carboxylic acids is 1. The normalized spacial score (nSPS) is 29.9. The Morgan fingerprint density at radius 2 is 1.92 bits per heavy atom. The minimum atomic E-state index is -4.62. The summed E-state index contributed by atoms with van der Waals surface area (Å²) in [7, 11) is 0. The lowest BCUT2D eigenvalue weighted by molar-refractivity contribution is -0.150. The number of carbonyl (C=O) groups excluding carboxylic acids is 1. The quantitative estimate of drug-likeness (QED) is 0.849. The Labute approximate surface area is 138 Å². The van der Waals surface area contributed by atoms with Crippen LogP contribution in [0.25, 0.3) is 0 Å². The highest BCUT2D eigenvalue weighted by molar-refractivity contribution is 6.14. The Morgan fingerprint density at radius 1 is 1.33 bits per heavy atom. The summed E-state index contributed by atoms with van der Waals surface area (Å²) in [5.74, 6) is -1.67. The first-order valence-electron chi connectivity index (χ1n) is 7.81. The number of aliphatic imine (C=N–C) groups is 1. The van der Waals surface area contributed by atoms with E-state index in [9.17, 15) is 27.9 Å². The first-order valence-corrected chi connectivity index (χ1v) is 7.81. The van der Waals surface area contributed by atoms with Crippen LogP contribution in [0, 0.1) is 11.3 Å². The van der Waals surface area contributed by atoms with E-state index in [1.807, 2.05) is 0 Å². The van der Waals surface area contributed by atoms with E-state index < -0.39 is 34.5 Å². The standard InChI is InChI=1S/C17H20F3NO3/c1-10(22)13-9-21-8-12(14(13)17(18,19)20)7-11-3-5-16(2,6-4-11)15(23)24/h7,9,11H,3-6,8H2,1-2H3,(H,23,24)/b12-7-. The van der Waals surface area contributed by atoms with Crippen molar-refractivity contribution >= 4 is 18.0 Å². The molecule has 132 valence electrons. The van der Waals surface area contributed by atoms with E-state index in [0.717, 1.165) is 13.1 Å². The number of dihydropyridines is 1. The van der Waals surface area contributed by atoms with Gasteiger partial charge in [-0.25, -0.2) is 0 Å². The van der Waals surface area contributed by atoms with Gasteiger partial charge in [-0.05, 0) is 51.0 Å². The zero-order valence-electron chi connectivity index (χ0n) is 13.6. The smallest absolute Gasteiger partial charge is 0.417 e. The molecule has 1 aliphatic heterocycles. The molecular weight excluding hydrogens is 323 g/mol. The molecule has 2 aliphatic rings. The van der Waals surface area contributed by atoms with E-state index in [0.29, 0.717) is 25.7 Å². The Balaban J connectivity index is 2.28. The van der Waals surface area contributed by atoms with Crippen LogP contribution in [0.15, 0.2) is 27.8 Å². The fraction of sp³-hybridized carbons (Fsp3) is 0.588. The summed E-state index contributed by atoms with van der Waals surface area (Å²) in [6, 6.07) is 0. The third-order valence-electron chi connectivity index (χ3n) is 4.82. The van der Waals surface area contributed by atoms with Gasteiger partial charge in [0, 0.05) is 11.8 Å². The predicted molar refractivity (Wildman–Crippen MR) is 82.9 cm³/mol. The summed E-state index contributed by atoms with van der Waals surface area (Å²) in [6.45, 7) is 2.64. The highest BCUT2D eigenvalue weighted by Gasteiger charge is 2.41. The molecule has 7 heteroatoms. The van der Waals surface area contributed by atoms with Gasteiger partial charge in [-0.2, -0.15) is 13.2 Å². The van der Waals surface area contributed by atoms with E-state index in [1.165, 1.54) is 6.08 Å². The highest BCUT2D eigenvalue weighted by Crippen LogP contribution is 2.42. The lowest BCUT2D eigenvalue weighted by Gasteiger charge is -2.33. The Morgan fingerprint density at radius 3 is 2.38 bits per heavy atom. The van der Waals surface area contributed by atoms with Crippen LogP contribution in [0.2, 0.25) is 0 Å². The molecule has 0 aromatic rings. The lowest BCUT2D eigenvalue weighted by Crippen LogP contribution is -2.32. The number of hydrogen-bond acceptors (Lipinski definition) is 3. The number of allylic oxidation sites excluding steroid dienone is 2. The van der Waals surface area contributed by atoms with Crippen molar-refractivity contribution in [3.05, 3.63) is 22.8 Å². The number of nitrogens with zero attached hydrogens (tertiary/aromatic N) is 1. The number of carboxylic acids is 1. The van der Waals surface area contributed by atoms with Crippen molar-refractivity contribution in [2.45, 2.75) is 45.7 Å². The number of Topliss-reactive ketones (excluding diaryl/α,β-unsaturated/α-hetero) is 1. The highest BCUT2D eigenvalue weighted by atomic mass is 19.4. The van der Waals surface area contributed by atoms with Crippen LogP contribution >= 0.6 is 0 Å². The molecule has 24 heavy (non-hydrogen) atoms. The van der Waals surface area contributed by atoms with Gasteiger partial charge in [-0.15, -0.1) is 0 Å². The van der Waals surface area contributed by atoms with Crippen LogP contribution in [0.4, 0.5) is 13.2 Å². The monoisotopic (exact) mass is 343 g/mol. The van der Waals surface area contributed by atoms with E-state index in [4.69, 9.17) is 0 Å². The van der Waals surface area contributed by atoms with Crippen molar-refractivity contribution in [3.8, 4) is 0 Å². The molecule has 0 amide bonds. The maximum Gasteiger partial charge on any atom is 0.417 e. The van der Waals surface area contributed by atoms with Crippen molar-refractivity contribution < 1.29 is 27.9 Å². The second kappa shape index (κ2) is 6.53. The van der Waals surface area contributed by atoms with E-state index in [-0.39, 0.29) is 18.0 Å². The number of ketones is 1. The van der Waals surface area contributed by atoms with Gasteiger partial charge >= 0.3 is 12.1 Å². The SMILES string of the molecule is CC(=O)C1=C(C(F)(F)F)/C(=C\C2CCC(C)(C(=O)O)CC2)CN=C1. The van der Waals surface area contributed by atoms with Gasteiger partial charge in [-0.1, -0.05) is 6.08 Å². The van der Waals surface area contributed by atoms with E-state index in [1.54, 1.807) is 6.92 Å². The van der Waals surface area contributed by atoms with Gasteiger partial charge in [0.05, 0.1) is 17.5 Å². The molecule has 1 fully saturated rings. The number of halogens is 3. The van der Waals surface area contributed by atoms with Gasteiger partial charge in [0.1, 0.15) is 0 Å². The van der Waals surface area contributed by atoms with Gasteiger partial charge in [0.2, 0.25) is 0 Å². The second-order valence-electron chi connectivity index (χ2n) is 6.71. The summed E-state index contributed by atoms with van der Waals surface area (Å²) in [4.78, 5) is 26.6. The largest absolute Gasteiger partial charge is 0.481 e. The molecule has 1 saturated carbocycles. The summed E-state index contributed by atoms with van der Waals surface area (Å²) in [5, 5.41) is 9.22. The van der Waals surface area contributed by atoms with Crippen LogP contribution in [-0.2, 0) is 9.59 Å². The van der Waals surface area contributed by atoms with Crippen molar-refractivity contribution in [1.82, 2.24) is 0 Å². The topological polar surface area (TPSA) is 66.7 Å². The average Bonchev–Trinajstić information content (AvgIpc) is 2.48. The summed E-state index contributed by atoms with van der Waals surface area (Å²) >= 11 is 0. The Hall–Kier alpha value is -1.92. The summed E-state index contributed by atoms with van der Waals surface area (Å²) in [5.41, 5.74) is -2.12. The molecule has 0 spiro atoms. The van der Waals surface area contributed by atoms with Crippen LogP contribution in [0.5, 0.6) is 0 Å². The molecule has 0 saturated heterocycles. The van der Waals surface area contributed by atoms with Crippen LogP contribution in [-0.4, -0.2) is 35.8 Å². The number of alkyl halides is 3. The zero-order chi connectivity index (χ0) is 18.1. The van der Waals surface area contributed by atoms with Gasteiger partial charge in [0.25, 0.3) is 0 Å². The van der Waals surface area contributed by atoms with E-state index in [2.05, 4.69) is 4.99 Å². The van der Waals surface area contributed by atoms with E-state index >= 15 is 0 Å². The number of hydrogen-bond donors (Lipinski definition) is 1. The number of rotatable bonds is 3. The molecule has 1 heterocycles. The summed E-state index contributed by atoms with van der Waals surface area (Å²) in [6.07, 6.45) is -0.236. The molecule has 0 aromatic heterocycles. The first-order chi connectivity index (χ1) is 11.0. The fourth-order valence-corrected chi connectivity index (χ4v) is 3.23. The number of carboxylic acid groups (broad SMARTS) is 1. The van der Waals surface area contributed by atoms with Crippen molar-refractivity contribution in [1.29, 1.82) is 0 Å². The average molecular weight is 343 g/mol. The van der Waals surface area contributed by atoms with Crippen LogP contribution in [0.1, 0.15) is 39.5 Å². The van der Waals surface area contributed by atoms with Gasteiger partial charge < -0.3 is 5.11 Å². The molecule has 0 aromatic carbocycles. The second-order valence-corrected chi connectivity index (χ2v) is 6.71. The third kappa shape index (κ3) is 3.76. The molecule has 0 unspecified atom stereocenters. The minimum absolute atomic E-state index is 0.0131. The van der Waals surface area contributed by atoms with Gasteiger partial charge in [-0.3, -0.25) is 14.6 Å². The van der Waals surface area contributed by atoms with Crippen LogP contribution in [0.3, 0.4) is 0 Å². The van der Waals surface area contributed by atoms with Gasteiger partial charge in [0.15, 0.2) is 5.78 Å². The maximum atomic E-state index is 13.4. The molecular formula is C17H20F3NO3. The molecule has 0 radical (unpaired) electrons. The molecule has 4 nitrogen and oxygen atoms in total. The summed E-state index contributed by atoms with van der Waals surface area (Å²) < 4.78 is 40.2. The zero-order valence-corrected chi connectivity index (χ0v) is 13.6. The molecule has 1 N–H and O–H groups in total. The Bertz CT molecular complexity index is 636. The maximum absolute atomic E-state index is 13.4. The van der Waals surface area contributed by atoms with Crippen molar-refractivity contribution in [2.24, 2.45) is 16.3 Å². The third-order valence-corrected chi connectivity index (χ3v) is 4.82. The minimum Gasteiger partial charge on any atom is -0.481 e. The molecule has 1 aliphatic carbocycles. The molecule has 2 rings (SSSR count). The first kappa shape index (κ1) is 18.4.